The summed E-state index contributed by atoms with van der Waals surface area (Å²) in [4.78, 5) is 4.98. The first kappa shape index (κ1) is 9.07. The Labute approximate surface area is 81.2 Å². The summed E-state index contributed by atoms with van der Waals surface area (Å²) in [6.45, 7) is 8.29. The molecule has 0 N–H and O–H groups in total. The summed E-state index contributed by atoms with van der Waals surface area (Å²) in [5.41, 5.74) is 1.80. The zero-order valence-electron chi connectivity index (χ0n) is 9.01. The van der Waals surface area contributed by atoms with Gasteiger partial charge < -0.3 is 4.90 Å². The zero-order valence-corrected chi connectivity index (χ0v) is 9.01. The third-order valence-corrected chi connectivity index (χ3v) is 3.59. The average molecular weight is 180 g/mol. The van der Waals surface area contributed by atoms with Crippen molar-refractivity contribution in [3.8, 4) is 0 Å². The Kier molecular flexibility index (Phi) is 2.11. The smallest absolute Gasteiger partial charge is 0.0550 e. The van der Waals surface area contributed by atoms with Crippen LogP contribution >= 0.6 is 0 Å². The Hall–Kier alpha value is -0.500. The predicted molar refractivity (Wildman–Crippen MR) is 55.6 cm³/mol. The Morgan fingerprint density at radius 2 is 1.85 bits per heavy atom. The molecule has 0 aliphatic carbocycles. The lowest BCUT2D eigenvalue weighted by Crippen LogP contribution is -2.42. The molecule has 0 aromatic rings. The van der Waals surface area contributed by atoms with Crippen molar-refractivity contribution in [2.45, 2.75) is 32.2 Å². The summed E-state index contributed by atoms with van der Waals surface area (Å²) in [5.74, 6) is 0. The van der Waals surface area contributed by atoms with Crippen molar-refractivity contribution in [2.24, 2.45) is 0 Å². The summed E-state index contributed by atoms with van der Waals surface area (Å²) in [6, 6.07) is 0. The SMILES string of the molecule is CN1CC=C(N2CCCC2)C1(C)C. The largest absolute Gasteiger partial charge is 0.374 e. The fourth-order valence-electron chi connectivity index (χ4n) is 2.37. The molecule has 2 nitrogen and oxygen atoms in total. The first-order valence-electron chi connectivity index (χ1n) is 5.29. The van der Waals surface area contributed by atoms with Crippen molar-refractivity contribution >= 4 is 0 Å². The molecule has 0 unspecified atom stereocenters. The van der Waals surface area contributed by atoms with Crippen LogP contribution in [0.25, 0.3) is 0 Å². The number of rotatable bonds is 1. The highest BCUT2D eigenvalue weighted by molar-refractivity contribution is 5.23. The van der Waals surface area contributed by atoms with E-state index in [1.54, 1.807) is 5.70 Å². The molecule has 0 atom stereocenters. The minimum Gasteiger partial charge on any atom is -0.374 e. The summed E-state index contributed by atoms with van der Waals surface area (Å²) < 4.78 is 0. The Balaban J connectivity index is 2.15. The Morgan fingerprint density at radius 3 is 2.31 bits per heavy atom. The van der Waals surface area contributed by atoms with E-state index < -0.39 is 0 Å². The molecule has 0 aromatic carbocycles. The number of nitrogens with zero attached hydrogens (tertiary/aromatic N) is 2. The maximum Gasteiger partial charge on any atom is 0.0550 e. The van der Waals surface area contributed by atoms with Gasteiger partial charge in [0.15, 0.2) is 0 Å². The summed E-state index contributed by atoms with van der Waals surface area (Å²) in [5, 5.41) is 0. The minimum atomic E-state index is 0.254. The fourth-order valence-corrected chi connectivity index (χ4v) is 2.37. The van der Waals surface area contributed by atoms with E-state index in [2.05, 4.69) is 36.8 Å². The van der Waals surface area contributed by atoms with Crippen molar-refractivity contribution < 1.29 is 0 Å². The average Bonchev–Trinajstić information content (AvgIpc) is 2.62. The van der Waals surface area contributed by atoms with Gasteiger partial charge in [-0.25, -0.2) is 0 Å². The molecular formula is C11H20N2. The van der Waals surface area contributed by atoms with Crippen LogP contribution < -0.4 is 0 Å². The van der Waals surface area contributed by atoms with Crippen molar-refractivity contribution in [2.75, 3.05) is 26.7 Å². The third-order valence-electron chi connectivity index (χ3n) is 3.59. The molecule has 1 fully saturated rings. The fraction of sp³-hybridized carbons (Fsp3) is 0.818. The molecule has 74 valence electrons. The minimum absolute atomic E-state index is 0.254. The molecule has 2 aliphatic heterocycles. The summed E-state index contributed by atoms with van der Waals surface area (Å²) in [6.07, 6.45) is 5.14. The topological polar surface area (TPSA) is 6.48 Å². The molecule has 2 heteroatoms. The monoisotopic (exact) mass is 180 g/mol. The molecule has 2 heterocycles. The summed E-state index contributed by atoms with van der Waals surface area (Å²) >= 11 is 0. The maximum absolute atomic E-state index is 2.56. The number of likely N-dealkylation sites (tertiary alicyclic amines) is 1. The van der Waals surface area contributed by atoms with E-state index in [0.29, 0.717) is 0 Å². The van der Waals surface area contributed by atoms with Crippen LogP contribution in [0, 0.1) is 0 Å². The van der Waals surface area contributed by atoms with Crippen LogP contribution in [-0.4, -0.2) is 42.0 Å². The molecule has 0 radical (unpaired) electrons. The van der Waals surface area contributed by atoms with E-state index in [1.807, 2.05) is 0 Å². The molecule has 0 amide bonds. The van der Waals surface area contributed by atoms with Crippen molar-refractivity contribution in [3.63, 3.8) is 0 Å². The highest BCUT2D eigenvalue weighted by atomic mass is 15.3. The normalized spacial score (nSPS) is 28.2. The van der Waals surface area contributed by atoms with E-state index in [0.717, 1.165) is 6.54 Å². The second-order valence-electron chi connectivity index (χ2n) is 4.72. The molecule has 2 aliphatic rings. The van der Waals surface area contributed by atoms with Crippen LogP contribution in [0.3, 0.4) is 0 Å². The van der Waals surface area contributed by atoms with Crippen molar-refractivity contribution in [3.05, 3.63) is 11.8 Å². The number of likely N-dealkylation sites (N-methyl/N-ethyl adjacent to an activating group) is 1. The molecule has 2 rings (SSSR count). The lowest BCUT2D eigenvalue weighted by Gasteiger charge is -2.36. The first-order valence-corrected chi connectivity index (χ1v) is 5.29. The van der Waals surface area contributed by atoms with Gasteiger partial charge in [-0.15, -0.1) is 0 Å². The zero-order chi connectivity index (χ0) is 9.47. The van der Waals surface area contributed by atoms with E-state index in [-0.39, 0.29) is 5.54 Å². The lowest BCUT2D eigenvalue weighted by atomic mass is 10.0. The van der Waals surface area contributed by atoms with Crippen LogP contribution in [-0.2, 0) is 0 Å². The lowest BCUT2D eigenvalue weighted by molar-refractivity contribution is 0.197. The predicted octanol–water partition coefficient (Wildman–Crippen LogP) is 1.69. The van der Waals surface area contributed by atoms with Gasteiger partial charge in [-0.1, -0.05) is 0 Å². The molecular weight excluding hydrogens is 160 g/mol. The van der Waals surface area contributed by atoms with E-state index in [4.69, 9.17) is 0 Å². The van der Waals surface area contributed by atoms with Crippen LogP contribution in [0.1, 0.15) is 26.7 Å². The second kappa shape index (κ2) is 3.02. The van der Waals surface area contributed by atoms with Crippen LogP contribution in [0.4, 0.5) is 0 Å². The molecule has 0 aromatic heterocycles. The van der Waals surface area contributed by atoms with E-state index >= 15 is 0 Å². The molecule has 0 saturated carbocycles. The molecule has 1 saturated heterocycles. The number of hydrogen-bond acceptors (Lipinski definition) is 2. The van der Waals surface area contributed by atoms with Crippen molar-refractivity contribution in [1.82, 2.24) is 9.80 Å². The molecule has 0 bridgehead atoms. The third kappa shape index (κ3) is 1.37. The van der Waals surface area contributed by atoms with E-state index in [1.165, 1.54) is 25.9 Å². The first-order chi connectivity index (χ1) is 6.12. The van der Waals surface area contributed by atoms with Gasteiger partial charge in [0.2, 0.25) is 0 Å². The van der Waals surface area contributed by atoms with Gasteiger partial charge in [0.25, 0.3) is 0 Å². The quantitative estimate of drug-likeness (QED) is 0.606. The van der Waals surface area contributed by atoms with Gasteiger partial charge in [-0.05, 0) is 39.8 Å². The number of hydrogen-bond donors (Lipinski definition) is 0. The van der Waals surface area contributed by atoms with Crippen LogP contribution in [0.2, 0.25) is 0 Å². The van der Waals surface area contributed by atoms with Gasteiger partial charge >= 0.3 is 0 Å². The van der Waals surface area contributed by atoms with Gasteiger partial charge in [0.1, 0.15) is 0 Å². The van der Waals surface area contributed by atoms with Crippen molar-refractivity contribution in [1.29, 1.82) is 0 Å². The van der Waals surface area contributed by atoms with E-state index in [9.17, 15) is 0 Å². The highest BCUT2D eigenvalue weighted by Crippen LogP contribution is 2.32. The molecule has 0 spiro atoms. The standard InChI is InChI=1S/C11H20N2/c1-11(2)10(6-9-12(11)3)13-7-4-5-8-13/h6H,4-5,7-9H2,1-3H3. The highest BCUT2D eigenvalue weighted by Gasteiger charge is 2.36. The maximum atomic E-state index is 2.56. The van der Waals surface area contributed by atoms with Crippen LogP contribution in [0.5, 0.6) is 0 Å². The Morgan fingerprint density at radius 1 is 1.23 bits per heavy atom. The van der Waals surface area contributed by atoms with Gasteiger partial charge in [-0.2, -0.15) is 0 Å². The van der Waals surface area contributed by atoms with Crippen LogP contribution in [0.15, 0.2) is 11.8 Å². The van der Waals surface area contributed by atoms with Gasteiger partial charge in [0.05, 0.1) is 5.54 Å². The second-order valence-corrected chi connectivity index (χ2v) is 4.72. The Bertz CT molecular complexity index is 224. The van der Waals surface area contributed by atoms with Gasteiger partial charge in [-0.3, -0.25) is 4.90 Å². The molecule has 13 heavy (non-hydrogen) atoms. The summed E-state index contributed by atoms with van der Waals surface area (Å²) in [7, 11) is 2.21. The van der Waals surface area contributed by atoms with Gasteiger partial charge in [0, 0.05) is 25.3 Å².